The Balaban J connectivity index is 2.61. The zero-order valence-corrected chi connectivity index (χ0v) is 10.2. The van der Waals surface area contributed by atoms with Crippen LogP contribution in [-0.4, -0.2) is 42.1 Å². The second-order valence-electron chi connectivity index (χ2n) is 3.53. The molecule has 1 rings (SSSR count). The molecule has 0 aliphatic heterocycles. The van der Waals surface area contributed by atoms with Crippen LogP contribution in [0.25, 0.3) is 0 Å². The molecule has 0 saturated heterocycles. The molecule has 0 bridgehead atoms. The number of carbonyl (C=O) groups excluding carboxylic acids is 2. The lowest BCUT2D eigenvalue weighted by atomic mass is 10.3. The summed E-state index contributed by atoms with van der Waals surface area (Å²) < 4.78 is 9.36. The van der Waals surface area contributed by atoms with Crippen molar-refractivity contribution in [3.05, 3.63) is 17.5 Å². The van der Waals surface area contributed by atoms with Gasteiger partial charge in [0.15, 0.2) is 5.69 Å². The smallest absolute Gasteiger partial charge is 0.307 e. The molecule has 1 aromatic heterocycles. The average molecular weight is 240 g/mol. The number of hydrogen-bond donors (Lipinski definition) is 0. The quantitative estimate of drug-likeness (QED) is 0.718. The second kappa shape index (κ2) is 6.03. The van der Waals surface area contributed by atoms with E-state index < -0.39 is 0 Å². The predicted octanol–water partition coefficient (Wildman–Crippen LogP) is 1.01. The highest BCUT2D eigenvalue weighted by Gasteiger charge is 2.18. The van der Waals surface area contributed by atoms with E-state index in [9.17, 15) is 9.59 Å². The van der Waals surface area contributed by atoms with Crippen molar-refractivity contribution in [3.8, 4) is 0 Å². The second-order valence-corrected chi connectivity index (χ2v) is 3.53. The number of aryl methyl sites for hydroxylation is 1. The first kappa shape index (κ1) is 13.2. The van der Waals surface area contributed by atoms with E-state index >= 15 is 0 Å². The van der Waals surface area contributed by atoms with Gasteiger partial charge in [0.05, 0.1) is 13.5 Å². The van der Waals surface area contributed by atoms with Crippen molar-refractivity contribution < 1.29 is 18.8 Å². The van der Waals surface area contributed by atoms with Crippen LogP contribution in [0.5, 0.6) is 0 Å². The van der Waals surface area contributed by atoms with Crippen molar-refractivity contribution in [3.63, 3.8) is 0 Å². The van der Waals surface area contributed by atoms with E-state index in [2.05, 4.69) is 9.89 Å². The van der Waals surface area contributed by atoms with Gasteiger partial charge in [0, 0.05) is 19.2 Å². The van der Waals surface area contributed by atoms with Crippen molar-refractivity contribution in [2.24, 2.45) is 0 Å². The Hall–Kier alpha value is -1.85. The fourth-order valence-corrected chi connectivity index (χ4v) is 1.36. The Morgan fingerprint density at radius 1 is 1.53 bits per heavy atom. The van der Waals surface area contributed by atoms with Crippen molar-refractivity contribution >= 4 is 11.9 Å². The highest BCUT2D eigenvalue weighted by Crippen LogP contribution is 2.06. The Kier molecular flexibility index (Phi) is 4.68. The van der Waals surface area contributed by atoms with E-state index in [-0.39, 0.29) is 24.0 Å². The maximum absolute atomic E-state index is 11.9. The Morgan fingerprint density at radius 2 is 2.24 bits per heavy atom. The lowest BCUT2D eigenvalue weighted by Gasteiger charge is -2.18. The summed E-state index contributed by atoms with van der Waals surface area (Å²) in [7, 11) is 1.32. The largest absolute Gasteiger partial charge is 0.469 e. The molecule has 0 aromatic carbocycles. The number of hydrogen-bond acceptors (Lipinski definition) is 5. The zero-order chi connectivity index (χ0) is 12.8. The molecule has 0 aliphatic rings. The molecule has 0 unspecified atom stereocenters. The van der Waals surface area contributed by atoms with Crippen LogP contribution in [0.15, 0.2) is 10.6 Å². The van der Waals surface area contributed by atoms with Gasteiger partial charge in [0.2, 0.25) is 0 Å². The normalized spacial score (nSPS) is 10.1. The molecule has 0 N–H and O–H groups in total. The fourth-order valence-electron chi connectivity index (χ4n) is 1.36. The number of nitrogens with zero attached hydrogens (tertiary/aromatic N) is 2. The summed E-state index contributed by atoms with van der Waals surface area (Å²) in [6.07, 6.45) is 0.174. The van der Waals surface area contributed by atoms with Gasteiger partial charge in [-0.2, -0.15) is 0 Å². The zero-order valence-electron chi connectivity index (χ0n) is 10.2. The molecule has 1 heterocycles. The summed E-state index contributed by atoms with van der Waals surface area (Å²) in [6.45, 7) is 4.37. The van der Waals surface area contributed by atoms with Gasteiger partial charge < -0.3 is 14.2 Å². The first-order chi connectivity index (χ1) is 8.08. The third kappa shape index (κ3) is 3.58. The molecule has 0 spiro atoms. The van der Waals surface area contributed by atoms with Gasteiger partial charge in [0.25, 0.3) is 5.91 Å². The summed E-state index contributed by atoms with van der Waals surface area (Å²) in [5, 5.41) is 3.65. The summed E-state index contributed by atoms with van der Waals surface area (Å²) in [5.41, 5.74) is 0.259. The van der Waals surface area contributed by atoms with E-state index in [1.54, 1.807) is 13.0 Å². The van der Waals surface area contributed by atoms with Gasteiger partial charge >= 0.3 is 5.97 Å². The number of esters is 1. The lowest BCUT2D eigenvalue weighted by Crippen LogP contribution is -2.33. The molecule has 1 amide bonds. The molecular weight excluding hydrogens is 224 g/mol. The molecule has 0 saturated carbocycles. The topological polar surface area (TPSA) is 72.6 Å². The molecule has 0 aliphatic carbocycles. The standard InChI is InChI=1S/C11H16N2O4/c1-4-13(6-5-10(14)16-3)11(15)9-7-8(2)17-12-9/h7H,4-6H2,1-3H3. The SMILES string of the molecule is CCN(CCC(=O)OC)C(=O)c1cc(C)on1. The minimum absolute atomic E-state index is 0.174. The highest BCUT2D eigenvalue weighted by molar-refractivity contribution is 5.92. The van der Waals surface area contributed by atoms with Crippen LogP contribution >= 0.6 is 0 Å². The monoisotopic (exact) mass is 240 g/mol. The highest BCUT2D eigenvalue weighted by atomic mass is 16.5. The van der Waals surface area contributed by atoms with E-state index in [4.69, 9.17) is 4.52 Å². The predicted molar refractivity (Wildman–Crippen MR) is 59.5 cm³/mol. The first-order valence-electron chi connectivity index (χ1n) is 5.37. The van der Waals surface area contributed by atoms with Crippen molar-refractivity contribution in [2.75, 3.05) is 20.2 Å². The Bertz CT molecular complexity index is 400. The molecule has 6 nitrogen and oxygen atoms in total. The van der Waals surface area contributed by atoms with Crippen LogP contribution in [0.1, 0.15) is 29.6 Å². The van der Waals surface area contributed by atoms with Crippen molar-refractivity contribution in [1.29, 1.82) is 0 Å². The molecule has 1 aromatic rings. The maximum Gasteiger partial charge on any atom is 0.307 e. The number of aromatic nitrogens is 1. The third-order valence-electron chi connectivity index (χ3n) is 2.33. The number of carbonyl (C=O) groups is 2. The average Bonchev–Trinajstić information content (AvgIpc) is 2.76. The molecule has 0 radical (unpaired) electrons. The number of ether oxygens (including phenoxy) is 1. The summed E-state index contributed by atoms with van der Waals surface area (Å²) in [4.78, 5) is 24.5. The van der Waals surface area contributed by atoms with Gasteiger partial charge in [0.1, 0.15) is 5.76 Å². The van der Waals surface area contributed by atoms with E-state index in [1.165, 1.54) is 12.0 Å². The van der Waals surface area contributed by atoms with Crippen molar-refractivity contribution in [2.45, 2.75) is 20.3 Å². The van der Waals surface area contributed by atoms with E-state index in [1.807, 2.05) is 6.92 Å². The Morgan fingerprint density at radius 3 is 2.71 bits per heavy atom. The van der Waals surface area contributed by atoms with E-state index in [0.717, 1.165) is 0 Å². The fraction of sp³-hybridized carbons (Fsp3) is 0.545. The van der Waals surface area contributed by atoms with Gasteiger partial charge in [-0.25, -0.2) is 0 Å². The van der Waals surface area contributed by atoms with Gasteiger partial charge in [-0.3, -0.25) is 9.59 Å². The molecule has 17 heavy (non-hydrogen) atoms. The first-order valence-corrected chi connectivity index (χ1v) is 5.37. The number of rotatable bonds is 5. The van der Waals surface area contributed by atoms with Crippen molar-refractivity contribution in [1.82, 2.24) is 10.1 Å². The van der Waals surface area contributed by atoms with E-state index in [0.29, 0.717) is 18.8 Å². The summed E-state index contributed by atoms with van der Waals surface area (Å²) in [6, 6.07) is 1.57. The molecule has 94 valence electrons. The van der Waals surface area contributed by atoms with Crippen LogP contribution in [-0.2, 0) is 9.53 Å². The van der Waals surface area contributed by atoms with Gasteiger partial charge in [-0.1, -0.05) is 5.16 Å². The molecular formula is C11H16N2O4. The lowest BCUT2D eigenvalue weighted by molar-refractivity contribution is -0.140. The van der Waals surface area contributed by atoms with Gasteiger partial charge in [-0.15, -0.1) is 0 Å². The summed E-state index contributed by atoms with van der Waals surface area (Å²) >= 11 is 0. The summed E-state index contributed by atoms with van der Waals surface area (Å²) in [5.74, 6) is -0.00166. The minimum Gasteiger partial charge on any atom is -0.469 e. The van der Waals surface area contributed by atoms with Gasteiger partial charge in [-0.05, 0) is 13.8 Å². The van der Waals surface area contributed by atoms with Crippen LogP contribution < -0.4 is 0 Å². The van der Waals surface area contributed by atoms with Crippen LogP contribution in [0.3, 0.4) is 0 Å². The minimum atomic E-state index is -0.340. The van der Waals surface area contributed by atoms with Crippen LogP contribution in [0.4, 0.5) is 0 Å². The third-order valence-corrected chi connectivity index (χ3v) is 2.33. The van der Waals surface area contributed by atoms with Crippen LogP contribution in [0, 0.1) is 6.92 Å². The number of amides is 1. The van der Waals surface area contributed by atoms with Crippen LogP contribution in [0.2, 0.25) is 0 Å². The molecule has 0 fully saturated rings. The molecule has 6 heteroatoms. The Labute approximate surface area is 99.5 Å². The maximum atomic E-state index is 11.9. The number of methoxy groups -OCH3 is 1. The molecule has 0 atom stereocenters.